The molecule has 1 saturated heterocycles. The Kier molecular flexibility index (Phi) is 3.72. The van der Waals surface area contributed by atoms with Gasteiger partial charge < -0.3 is 5.73 Å². The van der Waals surface area contributed by atoms with Crippen LogP contribution in [-0.2, 0) is 0 Å². The summed E-state index contributed by atoms with van der Waals surface area (Å²) in [5.74, 6) is 0.677. The zero-order valence-corrected chi connectivity index (χ0v) is 8.71. The van der Waals surface area contributed by atoms with Gasteiger partial charge in [-0.2, -0.15) is 0 Å². The molecule has 13 heavy (non-hydrogen) atoms. The molecule has 3 heteroatoms. The summed E-state index contributed by atoms with van der Waals surface area (Å²) in [6.45, 7) is 6.63. The number of piperidine rings is 1. The first kappa shape index (κ1) is 10.5. The van der Waals surface area contributed by atoms with Gasteiger partial charge in [-0.1, -0.05) is 6.92 Å². The van der Waals surface area contributed by atoms with Crippen LogP contribution in [0.2, 0.25) is 0 Å². The van der Waals surface area contributed by atoms with E-state index in [-0.39, 0.29) is 0 Å². The molecule has 3 N–H and O–H groups in total. The van der Waals surface area contributed by atoms with Crippen LogP contribution in [-0.4, -0.2) is 29.9 Å². The molecule has 0 radical (unpaired) electrons. The molecule has 0 saturated carbocycles. The molecule has 0 aromatic carbocycles. The lowest BCUT2D eigenvalue weighted by molar-refractivity contribution is 0.151. The smallest absolute Gasteiger partial charge is 0.0949 e. The lowest BCUT2D eigenvalue weighted by Gasteiger charge is -2.35. The summed E-state index contributed by atoms with van der Waals surface area (Å²) in [6, 6.07) is 0.641. The second kappa shape index (κ2) is 4.61. The zero-order valence-electron chi connectivity index (χ0n) is 8.71. The van der Waals surface area contributed by atoms with Crippen LogP contribution in [0, 0.1) is 11.3 Å². The third kappa shape index (κ3) is 2.69. The standard InChI is InChI=1S/C10H21N3/c1-3-8(2)13-6-4-5-9(7-13)10(11)12/h8-9H,3-7H2,1-2H3,(H3,11,12). The largest absolute Gasteiger partial charge is 0.387 e. The number of amidine groups is 1. The molecule has 0 spiro atoms. The highest BCUT2D eigenvalue weighted by atomic mass is 15.2. The molecule has 0 aliphatic carbocycles. The second-order valence-electron chi connectivity index (χ2n) is 4.05. The average Bonchev–Trinajstić information content (AvgIpc) is 2.17. The fraction of sp³-hybridized carbons (Fsp3) is 0.900. The van der Waals surface area contributed by atoms with Crippen molar-refractivity contribution in [3.63, 3.8) is 0 Å². The molecule has 0 amide bonds. The predicted molar refractivity (Wildman–Crippen MR) is 56.0 cm³/mol. The molecule has 1 aliphatic heterocycles. The van der Waals surface area contributed by atoms with Gasteiger partial charge in [-0.3, -0.25) is 10.3 Å². The van der Waals surface area contributed by atoms with Gasteiger partial charge in [-0.15, -0.1) is 0 Å². The van der Waals surface area contributed by atoms with E-state index in [0.717, 1.165) is 13.0 Å². The summed E-state index contributed by atoms with van der Waals surface area (Å²) >= 11 is 0. The summed E-state index contributed by atoms with van der Waals surface area (Å²) in [4.78, 5) is 2.45. The van der Waals surface area contributed by atoms with E-state index in [9.17, 15) is 0 Å². The maximum atomic E-state index is 7.43. The van der Waals surface area contributed by atoms with Crippen molar-refractivity contribution in [3.8, 4) is 0 Å². The quantitative estimate of drug-likeness (QED) is 0.514. The molecule has 1 aliphatic rings. The van der Waals surface area contributed by atoms with Crippen molar-refractivity contribution >= 4 is 5.84 Å². The third-order valence-corrected chi connectivity index (χ3v) is 3.11. The molecular formula is C10H21N3. The van der Waals surface area contributed by atoms with Gasteiger partial charge >= 0.3 is 0 Å². The summed E-state index contributed by atoms with van der Waals surface area (Å²) in [6.07, 6.45) is 3.47. The van der Waals surface area contributed by atoms with E-state index in [0.29, 0.717) is 17.8 Å². The van der Waals surface area contributed by atoms with E-state index < -0.39 is 0 Å². The number of likely N-dealkylation sites (tertiary alicyclic amines) is 1. The molecule has 76 valence electrons. The van der Waals surface area contributed by atoms with Gasteiger partial charge in [0.15, 0.2) is 0 Å². The maximum Gasteiger partial charge on any atom is 0.0949 e. The van der Waals surface area contributed by atoms with Gasteiger partial charge in [-0.25, -0.2) is 0 Å². The number of nitrogens with two attached hydrogens (primary N) is 1. The topological polar surface area (TPSA) is 53.1 Å². The van der Waals surface area contributed by atoms with E-state index in [4.69, 9.17) is 11.1 Å². The molecule has 0 bridgehead atoms. The molecule has 1 fully saturated rings. The minimum Gasteiger partial charge on any atom is -0.387 e. The van der Waals surface area contributed by atoms with Gasteiger partial charge in [0.1, 0.15) is 0 Å². The lowest BCUT2D eigenvalue weighted by atomic mass is 9.95. The van der Waals surface area contributed by atoms with Crippen LogP contribution in [0.5, 0.6) is 0 Å². The van der Waals surface area contributed by atoms with Crippen LogP contribution in [0.3, 0.4) is 0 Å². The zero-order chi connectivity index (χ0) is 9.84. The van der Waals surface area contributed by atoms with Crippen LogP contribution in [0.1, 0.15) is 33.1 Å². The van der Waals surface area contributed by atoms with Crippen molar-refractivity contribution in [1.29, 1.82) is 5.41 Å². The van der Waals surface area contributed by atoms with Gasteiger partial charge in [0.2, 0.25) is 0 Å². The Hall–Kier alpha value is -0.570. The summed E-state index contributed by atoms with van der Waals surface area (Å²) in [5.41, 5.74) is 5.53. The summed E-state index contributed by atoms with van der Waals surface area (Å²) in [7, 11) is 0. The van der Waals surface area contributed by atoms with E-state index in [1.54, 1.807) is 0 Å². The minimum absolute atomic E-state index is 0.308. The molecule has 2 unspecified atom stereocenters. The normalized spacial score (nSPS) is 27.1. The predicted octanol–water partition coefficient (Wildman–Crippen LogP) is 1.43. The average molecular weight is 183 g/mol. The first-order valence-corrected chi connectivity index (χ1v) is 5.23. The first-order chi connectivity index (χ1) is 6.15. The fourth-order valence-corrected chi connectivity index (χ4v) is 1.92. The Morgan fingerprint density at radius 1 is 1.69 bits per heavy atom. The lowest BCUT2D eigenvalue weighted by Crippen LogP contribution is -2.44. The number of rotatable bonds is 3. The molecule has 0 aromatic rings. The Morgan fingerprint density at radius 3 is 2.92 bits per heavy atom. The van der Waals surface area contributed by atoms with Crippen molar-refractivity contribution in [1.82, 2.24) is 4.90 Å². The molecule has 3 nitrogen and oxygen atoms in total. The Labute approximate surface area is 80.8 Å². The van der Waals surface area contributed by atoms with Gasteiger partial charge in [0.25, 0.3) is 0 Å². The number of nitrogens with zero attached hydrogens (tertiary/aromatic N) is 1. The molecule has 2 atom stereocenters. The van der Waals surface area contributed by atoms with Crippen LogP contribution < -0.4 is 5.73 Å². The van der Waals surface area contributed by atoms with Crippen molar-refractivity contribution in [2.45, 2.75) is 39.2 Å². The van der Waals surface area contributed by atoms with Crippen LogP contribution >= 0.6 is 0 Å². The third-order valence-electron chi connectivity index (χ3n) is 3.11. The highest BCUT2D eigenvalue weighted by Gasteiger charge is 2.24. The summed E-state index contributed by atoms with van der Waals surface area (Å²) in [5, 5.41) is 7.43. The van der Waals surface area contributed by atoms with Crippen LogP contribution in [0.15, 0.2) is 0 Å². The van der Waals surface area contributed by atoms with Crippen molar-refractivity contribution in [3.05, 3.63) is 0 Å². The maximum absolute atomic E-state index is 7.43. The fourth-order valence-electron chi connectivity index (χ4n) is 1.92. The SMILES string of the molecule is CCC(C)N1CCCC(C(=N)N)C1. The van der Waals surface area contributed by atoms with E-state index in [1.165, 1.54) is 19.4 Å². The van der Waals surface area contributed by atoms with Crippen molar-refractivity contribution in [2.75, 3.05) is 13.1 Å². The summed E-state index contributed by atoms with van der Waals surface area (Å²) < 4.78 is 0. The number of hydrogen-bond acceptors (Lipinski definition) is 2. The van der Waals surface area contributed by atoms with E-state index in [2.05, 4.69) is 18.7 Å². The Bertz CT molecular complexity index is 179. The highest BCUT2D eigenvalue weighted by molar-refractivity contribution is 5.79. The van der Waals surface area contributed by atoms with Gasteiger partial charge in [0.05, 0.1) is 5.84 Å². The van der Waals surface area contributed by atoms with E-state index >= 15 is 0 Å². The van der Waals surface area contributed by atoms with Crippen molar-refractivity contribution in [2.24, 2.45) is 11.7 Å². The van der Waals surface area contributed by atoms with Crippen LogP contribution in [0.4, 0.5) is 0 Å². The molecule has 1 heterocycles. The highest BCUT2D eigenvalue weighted by Crippen LogP contribution is 2.19. The monoisotopic (exact) mass is 183 g/mol. The van der Waals surface area contributed by atoms with Gasteiger partial charge in [0, 0.05) is 18.5 Å². The minimum atomic E-state index is 0.308. The number of nitrogens with one attached hydrogen (secondary N) is 1. The molecular weight excluding hydrogens is 162 g/mol. The number of hydrogen-bond donors (Lipinski definition) is 2. The Balaban J connectivity index is 2.46. The molecule has 0 aromatic heterocycles. The molecule has 1 rings (SSSR count). The second-order valence-corrected chi connectivity index (χ2v) is 4.05. The Morgan fingerprint density at radius 2 is 2.38 bits per heavy atom. The van der Waals surface area contributed by atoms with Gasteiger partial charge in [-0.05, 0) is 32.7 Å². The van der Waals surface area contributed by atoms with E-state index in [1.807, 2.05) is 0 Å². The van der Waals surface area contributed by atoms with Crippen LogP contribution in [0.25, 0.3) is 0 Å². The first-order valence-electron chi connectivity index (χ1n) is 5.23. The van der Waals surface area contributed by atoms with Crippen molar-refractivity contribution < 1.29 is 0 Å².